The van der Waals surface area contributed by atoms with E-state index in [0.717, 1.165) is 19.4 Å². The van der Waals surface area contributed by atoms with E-state index in [0.29, 0.717) is 12.1 Å². The summed E-state index contributed by atoms with van der Waals surface area (Å²) in [7, 11) is 1.79. The van der Waals surface area contributed by atoms with Gasteiger partial charge in [0.05, 0.1) is 6.10 Å². The van der Waals surface area contributed by atoms with Gasteiger partial charge in [0, 0.05) is 13.2 Å². The average Bonchev–Trinajstić information content (AvgIpc) is 2.42. The van der Waals surface area contributed by atoms with Crippen molar-refractivity contribution in [2.75, 3.05) is 13.7 Å². The predicted octanol–water partition coefficient (Wildman–Crippen LogP) is 3.41. The summed E-state index contributed by atoms with van der Waals surface area (Å²) in [6.07, 6.45) is 4.92. The van der Waals surface area contributed by atoms with Crippen molar-refractivity contribution < 1.29 is 4.74 Å². The Labute approximate surface area is 112 Å². The Morgan fingerprint density at radius 1 is 1.22 bits per heavy atom. The summed E-state index contributed by atoms with van der Waals surface area (Å²) in [5.41, 5.74) is 1.42. The van der Waals surface area contributed by atoms with E-state index in [1.807, 2.05) is 0 Å². The second-order valence-electron chi connectivity index (χ2n) is 4.96. The predicted molar refractivity (Wildman–Crippen MR) is 77.9 cm³/mol. The molecule has 1 rings (SSSR count). The maximum absolute atomic E-state index is 5.37. The van der Waals surface area contributed by atoms with Crippen LogP contribution in [0.15, 0.2) is 30.3 Å². The van der Waals surface area contributed by atoms with Gasteiger partial charge in [-0.2, -0.15) is 0 Å². The first kappa shape index (κ1) is 15.2. The van der Waals surface area contributed by atoms with Crippen molar-refractivity contribution >= 4 is 0 Å². The van der Waals surface area contributed by atoms with Crippen molar-refractivity contribution in [3.63, 3.8) is 0 Å². The number of rotatable bonds is 9. The van der Waals surface area contributed by atoms with Crippen molar-refractivity contribution in [2.24, 2.45) is 0 Å². The zero-order valence-corrected chi connectivity index (χ0v) is 12.0. The van der Waals surface area contributed by atoms with Gasteiger partial charge in [-0.25, -0.2) is 0 Å². The van der Waals surface area contributed by atoms with Gasteiger partial charge in [0.25, 0.3) is 0 Å². The highest BCUT2D eigenvalue weighted by Crippen LogP contribution is 2.10. The molecule has 0 spiro atoms. The lowest BCUT2D eigenvalue weighted by Gasteiger charge is -2.21. The summed E-state index contributed by atoms with van der Waals surface area (Å²) >= 11 is 0. The van der Waals surface area contributed by atoms with Crippen LogP contribution < -0.4 is 5.32 Å². The van der Waals surface area contributed by atoms with Gasteiger partial charge in [0.2, 0.25) is 0 Å². The lowest BCUT2D eigenvalue weighted by molar-refractivity contribution is 0.0993. The molecule has 0 aliphatic heterocycles. The second kappa shape index (κ2) is 9.12. The molecule has 1 N–H and O–H groups in total. The molecule has 0 amide bonds. The van der Waals surface area contributed by atoms with Crippen LogP contribution >= 0.6 is 0 Å². The molecule has 0 aliphatic rings. The minimum atomic E-state index is 0.329. The molecular weight excluding hydrogens is 222 g/mol. The minimum Gasteiger partial charge on any atom is -0.382 e. The first-order chi connectivity index (χ1) is 8.76. The normalized spacial score (nSPS) is 14.4. The molecule has 2 unspecified atom stereocenters. The van der Waals surface area contributed by atoms with Crippen LogP contribution in [0.1, 0.15) is 38.7 Å². The van der Waals surface area contributed by atoms with Crippen LogP contribution in [-0.4, -0.2) is 25.8 Å². The number of nitrogens with one attached hydrogen (secondary N) is 1. The molecule has 0 saturated heterocycles. The molecule has 1 aromatic rings. The molecule has 0 radical (unpaired) electrons. The zero-order valence-electron chi connectivity index (χ0n) is 12.0. The topological polar surface area (TPSA) is 21.3 Å². The van der Waals surface area contributed by atoms with Gasteiger partial charge in [-0.15, -0.1) is 0 Å². The highest BCUT2D eigenvalue weighted by molar-refractivity contribution is 5.14. The van der Waals surface area contributed by atoms with Gasteiger partial charge in [-0.1, -0.05) is 37.3 Å². The van der Waals surface area contributed by atoms with E-state index in [1.165, 1.54) is 18.4 Å². The summed E-state index contributed by atoms with van der Waals surface area (Å²) in [5.74, 6) is 0. The van der Waals surface area contributed by atoms with E-state index in [9.17, 15) is 0 Å². The summed E-state index contributed by atoms with van der Waals surface area (Å²) in [4.78, 5) is 0. The zero-order chi connectivity index (χ0) is 13.2. The summed E-state index contributed by atoms with van der Waals surface area (Å²) < 4.78 is 5.37. The average molecular weight is 249 g/mol. The third kappa shape index (κ3) is 6.18. The van der Waals surface area contributed by atoms with Crippen molar-refractivity contribution in [2.45, 2.75) is 51.7 Å². The molecule has 2 nitrogen and oxygen atoms in total. The number of hydrogen-bond acceptors (Lipinski definition) is 2. The molecule has 18 heavy (non-hydrogen) atoms. The molecule has 0 fully saturated rings. The highest BCUT2D eigenvalue weighted by Gasteiger charge is 2.12. The van der Waals surface area contributed by atoms with E-state index in [4.69, 9.17) is 4.74 Å². The van der Waals surface area contributed by atoms with Crippen LogP contribution in [0.4, 0.5) is 0 Å². The lowest BCUT2D eigenvalue weighted by atomic mass is 10.0. The Bertz CT molecular complexity index is 299. The minimum absolute atomic E-state index is 0.329. The van der Waals surface area contributed by atoms with Crippen molar-refractivity contribution in [1.82, 2.24) is 5.32 Å². The van der Waals surface area contributed by atoms with Crippen LogP contribution in [0, 0.1) is 0 Å². The molecule has 1 aromatic carbocycles. The highest BCUT2D eigenvalue weighted by atomic mass is 16.5. The molecule has 0 heterocycles. The van der Waals surface area contributed by atoms with Gasteiger partial charge in [0.1, 0.15) is 0 Å². The number of aryl methyl sites for hydroxylation is 1. The number of ether oxygens (including phenoxy) is 1. The standard InChI is InChI=1S/C16H27NO/c1-4-12-17-16(13-14(2)18-3)11-10-15-8-6-5-7-9-15/h5-9,14,16-17H,4,10-13H2,1-3H3. The van der Waals surface area contributed by atoms with Crippen molar-refractivity contribution in [3.8, 4) is 0 Å². The Balaban J connectivity index is 2.39. The summed E-state index contributed by atoms with van der Waals surface area (Å²) in [6, 6.07) is 11.3. The molecule has 0 saturated carbocycles. The monoisotopic (exact) mass is 249 g/mol. The Morgan fingerprint density at radius 3 is 2.56 bits per heavy atom. The van der Waals surface area contributed by atoms with Gasteiger partial charge >= 0.3 is 0 Å². The SMILES string of the molecule is CCCNC(CCc1ccccc1)CC(C)OC. The molecule has 102 valence electrons. The van der Waals surface area contributed by atoms with E-state index in [2.05, 4.69) is 49.5 Å². The smallest absolute Gasteiger partial charge is 0.0558 e. The van der Waals surface area contributed by atoms with E-state index >= 15 is 0 Å². The van der Waals surface area contributed by atoms with Gasteiger partial charge < -0.3 is 10.1 Å². The van der Waals surface area contributed by atoms with Crippen molar-refractivity contribution in [1.29, 1.82) is 0 Å². The third-order valence-electron chi connectivity index (χ3n) is 3.33. The Hall–Kier alpha value is -0.860. The maximum Gasteiger partial charge on any atom is 0.0558 e. The quantitative estimate of drug-likeness (QED) is 0.724. The van der Waals surface area contributed by atoms with Crippen LogP contribution in [0.2, 0.25) is 0 Å². The van der Waals surface area contributed by atoms with Gasteiger partial charge in [-0.05, 0) is 44.7 Å². The van der Waals surface area contributed by atoms with E-state index in [-0.39, 0.29) is 0 Å². The van der Waals surface area contributed by atoms with E-state index < -0.39 is 0 Å². The van der Waals surface area contributed by atoms with Crippen molar-refractivity contribution in [3.05, 3.63) is 35.9 Å². The largest absolute Gasteiger partial charge is 0.382 e. The van der Waals surface area contributed by atoms with Gasteiger partial charge in [0.15, 0.2) is 0 Å². The first-order valence-corrected chi connectivity index (χ1v) is 7.06. The number of methoxy groups -OCH3 is 1. The van der Waals surface area contributed by atoms with Gasteiger partial charge in [-0.3, -0.25) is 0 Å². The van der Waals surface area contributed by atoms with Crippen LogP contribution in [0.5, 0.6) is 0 Å². The molecule has 0 aliphatic carbocycles. The van der Waals surface area contributed by atoms with Crippen LogP contribution in [0.25, 0.3) is 0 Å². The fraction of sp³-hybridized carbons (Fsp3) is 0.625. The Kier molecular flexibility index (Phi) is 7.70. The molecule has 0 aromatic heterocycles. The maximum atomic E-state index is 5.37. The van der Waals surface area contributed by atoms with Crippen LogP contribution in [0.3, 0.4) is 0 Å². The molecular formula is C16H27NO. The fourth-order valence-corrected chi connectivity index (χ4v) is 2.13. The third-order valence-corrected chi connectivity index (χ3v) is 3.33. The second-order valence-corrected chi connectivity index (χ2v) is 4.96. The molecule has 0 bridgehead atoms. The Morgan fingerprint density at radius 2 is 1.94 bits per heavy atom. The lowest BCUT2D eigenvalue weighted by Crippen LogP contribution is -2.33. The number of hydrogen-bond donors (Lipinski definition) is 1. The summed E-state index contributed by atoms with van der Waals surface area (Å²) in [6.45, 7) is 5.44. The fourth-order valence-electron chi connectivity index (χ4n) is 2.13. The molecule has 2 heteroatoms. The van der Waals surface area contributed by atoms with E-state index in [1.54, 1.807) is 7.11 Å². The van der Waals surface area contributed by atoms with Crippen LogP contribution in [-0.2, 0) is 11.2 Å². The summed E-state index contributed by atoms with van der Waals surface area (Å²) in [5, 5.41) is 3.62. The number of benzene rings is 1. The molecule has 2 atom stereocenters. The first-order valence-electron chi connectivity index (χ1n) is 7.06.